The van der Waals surface area contributed by atoms with Crippen LogP contribution < -0.4 is 5.32 Å². The summed E-state index contributed by atoms with van der Waals surface area (Å²) in [5, 5.41) is 3.66. The summed E-state index contributed by atoms with van der Waals surface area (Å²) in [6.07, 6.45) is 7.55. The van der Waals surface area contributed by atoms with Crippen molar-refractivity contribution >= 4 is 35.0 Å². The Balaban J connectivity index is 1.08. The van der Waals surface area contributed by atoms with E-state index < -0.39 is 0 Å². The molecule has 0 radical (unpaired) electrons. The molecule has 2 saturated carbocycles. The number of piperazine rings is 1. The van der Waals surface area contributed by atoms with Gasteiger partial charge in [0.1, 0.15) is 0 Å². The number of halogens is 1. The summed E-state index contributed by atoms with van der Waals surface area (Å²) >= 11 is 6.05. The fourth-order valence-electron chi connectivity index (χ4n) is 5.67. The molecule has 4 aliphatic rings. The smallest absolute Gasteiger partial charge is 0.227 e. The van der Waals surface area contributed by atoms with Crippen molar-refractivity contribution in [1.82, 2.24) is 9.80 Å². The number of fused-ring (bicyclic) bond motifs is 1. The average molecular weight is 458 g/mol. The number of hydrogen-bond acceptors (Lipinski definition) is 3. The predicted molar refractivity (Wildman–Crippen MR) is 123 cm³/mol. The zero-order chi connectivity index (χ0) is 22.2. The van der Waals surface area contributed by atoms with Crippen molar-refractivity contribution in [3.63, 3.8) is 0 Å². The Morgan fingerprint density at radius 1 is 0.906 bits per heavy atom. The minimum Gasteiger partial charge on any atom is -0.339 e. The molecule has 32 heavy (non-hydrogen) atoms. The van der Waals surface area contributed by atoms with Gasteiger partial charge in [0, 0.05) is 54.6 Å². The van der Waals surface area contributed by atoms with Crippen LogP contribution >= 0.6 is 11.6 Å². The summed E-state index contributed by atoms with van der Waals surface area (Å²) in [7, 11) is 0. The Morgan fingerprint density at radius 2 is 1.47 bits per heavy atom. The summed E-state index contributed by atoms with van der Waals surface area (Å²) in [6, 6.07) is 5.72. The lowest BCUT2D eigenvalue weighted by Crippen LogP contribution is -2.52. The number of nitrogens with zero attached hydrogens (tertiary/aromatic N) is 2. The van der Waals surface area contributed by atoms with E-state index in [9.17, 15) is 14.4 Å². The Morgan fingerprint density at radius 3 is 2.03 bits per heavy atom. The van der Waals surface area contributed by atoms with E-state index in [1.165, 1.54) is 0 Å². The minimum atomic E-state index is -0.00184. The van der Waals surface area contributed by atoms with Crippen molar-refractivity contribution in [3.05, 3.63) is 28.8 Å². The number of carbonyl (C=O) groups is 3. The molecule has 1 atom stereocenters. The average Bonchev–Trinajstić information content (AvgIpc) is 3.65. The van der Waals surface area contributed by atoms with Crippen molar-refractivity contribution in [2.24, 2.45) is 23.7 Å². The molecule has 0 aromatic heterocycles. The molecule has 2 heterocycles. The lowest BCUT2D eigenvalue weighted by atomic mass is 9.75. The maximum absolute atomic E-state index is 13.0. The van der Waals surface area contributed by atoms with Gasteiger partial charge < -0.3 is 15.1 Å². The molecule has 0 bridgehead atoms. The first-order chi connectivity index (χ1) is 15.5. The lowest BCUT2D eigenvalue weighted by molar-refractivity contribution is -0.143. The second-order valence-corrected chi connectivity index (χ2v) is 10.5. The summed E-state index contributed by atoms with van der Waals surface area (Å²) in [6.45, 7) is 2.70. The minimum absolute atomic E-state index is 0.00184. The van der Waals surface area contributed by atoms with Crippen LogP contribution in [0.15, 0.2) is 18.2 Å². The molecular formula is C25H32ClN3O3. The van der Waals surface area contributed by atoms with Crippen LogP contribution in [0.1, 0.15) is 50.5 Å². The molecule has 1 N–H and O–H groups in total. The Bertz CT molecular complexity index is 900. The standard InChI is InChI=1S/C25H32ClN3O3/c26-21-8-7-19-14-20(23(30)27-22(19)15-21)13-16-1-3-17(4-2-16)24(31)28-9-11-29(12-10-28)25(32)18-5-6-18/h7-8,15-18,20H,1-6,9-14H2,(H,27,30). The fraction of sp³-hybridized carbons (Fsp3) is 0.640. The summed E-state index contributed by atoms with van der Waals surface area (Å²) in [5.74, 6) is 1.49. The normalized spacial score (nSPS) is 28.2. The van der Waals surface area contributed by atoms with Crippen LogP contribution in [0.2, 0.25) is 5.02 Å². The van der Waals surface area contributed by atoms with Crippen LogP contribution in [0.25, 0.3) is 0 Å². The van der Waals surface area contributed by atoms with E-state index in [2.05, 4.69) is 5.32 Å². The second-order valence-electron chi connectivity index (χ2n) is 10.1. The van der Waals surface area contributed by atoms with Crippen LogP contribution in [-0.4, -0.2) is 53.7 Å². The van der Waals surface area contributed by atoms with E-state index in [1.54, 1.807) is 0 Å². The number of benzene rings is 1. The maximum atomic E-state index is 13.0. The van der Waals surface area contributed by atoms with E-state index in [1.807, 2.05) is 28.0 Å². The molecule has 172 valence electrons. The van der Waals surface area contributed by atoms with E-state index in [0.717, 1.165) is 62.6 Å². The molecule has 5 rings (SSSR count). The fourth-order valence-corrected chi connectivity index (χ4v) is 5.84. The zero-order valence-corrected chi connectivity index (χ0v) is 19.3. The van der Waals surface area contributed by atoms with Gasteiger partial charge in [0.25, 0.3) is 0 Å². The molecule has 2 aliphatic carbocycles. The van der Waals surface area contributed by atoms with E-state index in [4.69, 9.17) is 11.6 Å². The zero-order valence-electron chi connectivity index (χ0n) is 18.5. The van der Waals surface area contributed by atoms with Gasteiger partial charge in [-0.3, -0.25) is 14.4 Å². The Hall–Kier alpha value is -2.08. The topological polar surface area (TPSA) is 69.7 Å². The molecule has 3 fully saturated rings. The van der Waals surface area contributed by atoms with Gasteiger partial charge in [0.15, 0.2) is 0 Å². The Labute approximate surface area is 194 Å². The van der Waals surface area contributed by atoms with Crippen LogP contribution in [0.4, 0.5) is 5.69 Å². The van der Waals surface area contributed by atoms with Crippen molar-refractivity contribution < 1.29 is 14.4 Å². The van der Waals surface area contributed by atoms with Crippen LogP contribution in [-0.2, 0) is 20.8 Å². The van der Waals surface area contributed by atoms with Crippen molar-refractivity contribution in [3.8, 4) is 0 Å². The maximum Gasteiger partial charge on any atom is 0.227 e. The molecule has 1 aromatic carbocycles. The molecule has 7 heteroatoms. The third-order valence-electron chi connectivity index (χ3n) is 7.81. The molecule has 0 spiro atoms. The van der Waals surface area contributed by atoms with E-state index in [0.29, 0.717) is 37.1 Å². The highest BCUT2D eigenvalue weighted by Gasteiger charge is 2.37. The first-order valence-electron chi connectivity index (χ1n) is 12.1. The third-order valence-corrected chi connectivity index (χ3v) is 8.05. The van der Waals surface area contributed by atoms with Gasteiger partial charge in [0.05, 0.1) is 0 Å². The largest absolute Gasteiger partial charge is 0.339 e. The monoisotopic (exact) mass is 457 g/mol. The number of carbonyl (C=O) groups excluding carboxylic acids is 3. The highest BCUT2D eigenvalue weighted by atomic mass is 35.5. The van der Waals surface area contributed by atoms with Crippen LogP contribution in [0.5, 0.6) is 0 Å². The number of rotatable bonds is 4. The third kappa shape index (κ3) is 4.66. The van der Waals surface area contributed by atoms with Crippen molar-refractivity contribution in [2.75, 3.05) is 31.5 Å². The van der Waals surface area contributed by atoms with Gasteiger partial charge in [-0.1, -0.05) is 17.7 Å². The number of anilines is 1. The molecule has 6 nitrogen and oxygen atoms in total. The quantitative estimate of drug-likeness (QED) is 0.748. The van der Waals surface area contributed by atoms with E-state index >= 15 is 0 Å². The summed E-state index contributed by atoms with van der Waals surface area (Å²) in [4.78, 5) is 41.8. The highest BCUT2D eigenvalue weighted by Crippen LogP contribution is 2.37. The SMILES string of the molecule is O=C1Nc2cc(Cl)ccc2CC1CC1CCC(C(=O)N2CCN(C(=O)C3CC3)CC2)CC1. The van der Waals surface area contributed by atoms with Gasteiger partial charge in [0.2, 0.25) is 17.7 Å². The molecule has 2 aliphatic heterocycles. The highest BCUT2D eigenvalue weighted by molar-refractivity contribution is 6.31. The van der Waals surface area contributed by atoms with E-state index in [-0.39, 0.29) is 35.5 Å². The molecule has 1 saturated heterocycles. The van der Waals surface area contributed by atoms with Gasteiger partial charge >= 0.3 is 0 Å². The van der Waals surface area contributed by atoms with Gasteiger partial charge in [-0.25, -0.2) is 0 Å². The van der Waals surface area contributed by atoms with Gasteiger partial charge in [-0.15, -0.1) is 0 Å². The van der Waals surface area contributed by atoms with Crippen molar-refractivity contribution in [1.29, 1.82) is 0 Å². The van der Waals surface area contributed by atoms with Gasteiger partial charge in [-0.2, -0.15) is 0 Å². The second kappa shape index (κ2) is 9.05. The number of hydrogen-bond donors (Lipinski definition) is 1. The Kier molecular flexibility index (Phi) is 6.15. The first-order valence-corrected chi connectivity index (χ1v) is 12.5. The van der Waals surface area contributed by atoms with Crippen LogP contribution in [0, 0.1) is 23.7 Å². The molecule has 1 unspecified atom stereocenters. The number of amides is 3. The molecular weight excluding hydrogens is 426 g/mol. The predicted octanol–water partition coefficient (Wildman–Crippen LogP) is 3.73. The van der Waals surface area contributed by atoms with Crippen molar-refractivity contribution in [2.45, 2.75) is 51.4 Å². The number of nitrogens with one attached hydrogen (secondary N) is 1. The molecule has 3 amide bonds. The first kappa shape index (κ1) is 21.7. The van der Waals surface area contributed by atoms with Gasteiger partial charge in [-0.05, 0) is 75.0 Å². The lowest BCUT2D eigenvalue weighted by Gasteiger charge is -2.38. The summed E-state index contributed by atoms with van der Waals surface area (Å²) < 4.78 is 0. The summed E-state index contributed by atoms with van der Waals surface area (Å²) in [5.41, 5.74) is 1.99. The van der Waals surface area contributed by atoms with Crippen LogP contribution in [0.3, 0.4) is 0 Å². The molecule has 1 aromatic rings.